The van der Waals surface area contributed by atoms with Gasteiger partial charge < -0.3 is 4.74 Å². The number of hydrogen-bond donors (Lipinski definition) is 1. The Bertz CT molecular complexity index is 1510. The van der Waals surface area contributed by atoms with E-state index in [1.165, 1.54) is 29.2 Å². The van der Waals surface area contributed by atoms with Crippen molar-refractivity contribution in [2.75, 3.05) is 32.8 Å². The van der Waals surface area contributed by atoms with Gasteiger partial charge in [0.25, 0.3) is 5.91 Å². The summed E-state index contributed by atoms with van der Waals surface area (Å²) in [5.41, 5.74) is -2.70. The van der Waals surface area contributed by atoms with Gasteiger partial charge >= 0.3 is 12.4 Å². The number of thiocarbonyl (C=S) groups is 1. The Kier molecular flexibility index (Phi) is 9.60. The van der Waals surface area contributed by atoms with Gasteiger partial charge in [0.1, 0.15) is 16.7 Å². The summed E-state index contributed by atoms with van der Waals surface area (Å²) in [7, 11) is 0. The van der Waals surface area contributed by atoms with Crippen molar-refractivity contribution >= 4 is 40.3 Å². The molecule has 0 radical (unpaired) electrons. The molecule has 0 aliphatic carbocycles. The average Bonchev–Trinajstić information content (AvgIpc) is 3.73. The highest BCUT2D eigenvalue weighted by molar-refractivity contribution is 8.26. The number of thioether (sulfide) groups is 1. The number of halogens is 6. The van der Waals surface area contributed by atoms with Crippen LogP contribution in [-0.4, -0.2) is 73.4 Å². The van der Waals surface area contributed by atoms with E-state index in [-0.39, 0.29) is 28.0 Å². The van der Waals surface area contributed by atoms with Crippen molar-refractivity contribution in [3.63, 3.8) is 0 Å². The molecule has 2 aliphatic rings. The third-order valence-corrected chi connectivity index (χ3v) is 8.50. The number of nitrogens with zero attached hydrogens (tertiary/aromatic N) is 5. The summed E-state index contributed by atoms with van der Waals surface area (Å²) in [5, 5.41) is 13.6. The average molecular weight is 657 g/mol. The zero-order valence-electron chi connectivity index (χ0n) is 23.0. The molecule has 16 heteroatoms. The van der Waals surface area contributed by atoms with Crippen LogP contribution in [0.5, 0.6) is 5.75 Å². The molecule has 2 aromatic carbocycles. The van der Waals surface area contributed by atoms with Crippen LogP contribution >= 0.6 is 24.0 Å². The van der Waals surface area contributed by atoms with E-state index in [4.69, 9.17) is 17.0 Å². The van der Waals surface area contributed by atoms with E-state index in [1.54, 1.807) is 0 Å². The number of hydrogen-bond acceptors (Lipinski definition) is 8. The lowest BCUT2D eigenvalue weighted by Crippen LogP contribution is -2.29. The quantitative estimate of drug-likeness (QED) is 0.157. The first kappa shape index (κ1) is 31.9. The molecular weight excluding hydrogens is 630 g/mol. The monoisotopic (exact) mass is 656 g/mol. The van der Waals surface area contributed by atoms with Gasteiger partial charge in [-0.15, -0.1) is 10.2 Å². The first-order chi connectivity index (χ1) is 20.9. The van der Waals surface area contributed by atoms with Crippen LogP contribution in [-0.2, 0) is 23.6 Å². The number of aromatic amines is 1. The number of alkyl halides is 6. The lowest BCUT2D eigenvalue weighted by molar-refractivity contribution is -0.143. The van der Waals surface area contributed by atoms with E-state index < -0.39 is 23.5 Å². The minimum Gasteiger partial charge on any atom is -0.492 e. The van der Waals surface area contributed by atoms with E-state index in [2.05, 4.69) is 25.5 Å². The second-order valence-corrected chi connectivity index (χ2v) is 11.9. The SMILES string of the molecule is O=C1C(=Cc2cc(-c3cc(C(F)(F)F)cc(C(F)(F)F)c3)ccc2OCCN2CCCC2)SC(=S)N1CCCc1nn[nH]n1. The molecule has 234 valence electrons. The minimum absolute atomic E-state index is 0.0876. The highest BCUT2D eigenvalue weighted by atomic mass is 32.2. The number of ether oxygens (including phenoxy) is 1. The van der Waals surface area contributed by atoms with Crippen molar-refractivity contribution in [2.45, 2.75) is 38.0 Å². The Labute approximate surface area is 257 Å². The number of amides is 1. The Morgan fingerprint density at radius 3 is 2.32 bits per heavy atom. The van der Waals surface area contributed by atoms with Crippen LogP contribution in [0.4, 0.5) is 26.3 Å². The number of benzene rings is 2. The van der Waals surface area contributed by atoms with Crippen molar-refractivity contribution in [2.24, 2.45) is 0 Å². The summed E-state index contributed by atoms with van der Waals surface area (Å²) < 4.78 is 87.6. The fraction of sp³-hybridized carbons (Fsp3) is 0.393. The van der Waals surface area contributed by atoms with Gasteiger partial charge in [0, 0.05) is 25.1 Å². The van der Waals surface area contributed by atoms with Gasteiger partial charge in [-0.25, -0.2) is 0 Å². The first-order valence-electron chi connectivity index (χ1n) is 13.7. The van der Waals surface area contributed by atoms with Crippen molar-refractivity contribution in [3.05, 3.63) is 63.8 Å². The predicted octanol–water partition coefficient (Wildman–Crippen LogP) is 6.21. The molecule has 3 heterocycles. The Morgan fingerprint density at radius 2 is 1.68 bits per heavy atom. The molecule has 2 fully saturated rings. The van der Waals surface area contributed by atoms with Gasteiger partial charge in [-0.2, -0.15) is 31.6 Å². The van der Waals surface area contributed by atoms with E-state index in [0.29, 0.717) is 66.1 Å². The largest absolute Gasteiger partial charge is 0.492 e. The number of aryl methyl sites for hydroxylation is 1. The van der Waals surface area contributed by atoms with Crippen LogP contribution in [0.1, 0.15) is 41.8 Å². The molecule has 2 aliphatic heterocycles. The van der Waals surface area contributed by atoms with Crippen LogP contribution < -0.4 is 4.74 Å². The van der Waals surface area contributed by atoms with Crippen LogP contribution in [0.15, 0.2) is 41.3 Å². The fourth-order valence-electron chi connectivity index (χ4n) is 4.90. The Balaban J connectivity index is 1.45. The summed E-state index contributed by atoms with van der Waals surface area (Å²) in [6.07, 6.45) is -5.32. The summed E-state index contributed by atoms with van der Waals surface area (Å²) in [4.78, 5) is 17.2. The zero-order chi connectivity index (χ0) is 31.5. The van der Waals surface area contributed by atoms with E-state index in [0.717, 1.165) is 37.7 Å². The highest BCUT2D eigenvalue weighted by Crippen LogP contribution is 2.40. The lowest BCUT2D eigenvalue weighted by Gasteiger charge is -2.17. The van der Waals surface area contributed by atoms with Gasteiger partial charge in [0.2, 0.25) is 0 Å². The summed E-state index contributed by atoms with van der Waals surface area (Å²) >= 11 is 6.47. The topological polar surface area (TPSA) is 87.2 Å². The van der Waals surface area contributed by atoms with Crippen LogP contribution in [0, 0.1) is 0 Å². The fourth-order valence-corrected chi connectivity index (χ4v) is 6.20. The van der Waals surface area contributed by atoms with Gasteiger partial charge in [0.05, 0.1) is 16.0 Å². The van der Waals surface area contributed by atoms with E-state index in [9.17, 15) is 31.1 Å². The number of aromatic nitrogens is 4. The molecule has 0 saturated carbocycles. The summed E-state index contributed by atoms with van der Waals surface area (Å²) in [5.74, 6) is 0.445. The van der Waals surface area contributed by atoms with Gasteiger partial charge in [-0.1, -0.05) is 35.3 Å². The second kappa shape index (κ2) is 13.2. The standard InChI is InChI=1S/C28H26F6N6O2S2/c29-27(30,31)20-13-18(14-21(16-20)28(32,33)34)17-5-6-22(42-11-10-39-7-1-2-8-39)19(12-17)15-23-25(41)40(26(43)44-23)9-3-4-24-35-37-38-36-24/h5-6,12-16H,1-4,7-11H2,(H,35,36,37,38). The maximum atomic E-state index is 13.5. The maximum Gasteiger partial charge on any atom is 0.416 e. The molecule has 0 spiro atoms. The lowest BCUT2D eigenvalue weighted by atomic mass is 9.97. The maximum absolute atomic E-state index is 13.5. The molecular formula is C28H26F6N6O2S2. The number of nitrogens with one attached hydrogen (secondary N) is 1. The number of carbonyl (C=O) groups is 1. The number of carbonyl (C=O) groups excluding carboxylic acids is 1. The molecule has 0 unspecified atom stereocenters. The smallest absolute Gasteiger partial charge is 0.416 e. The Hall–Kier alpha value is -3.50. The van der Waals surface area contributed by atoms with Crippen molar-refractivity contribution in [1.82, 2.24) is 30.4 Å². The molecule has 2 saturated heterocycles. The minimum atomic E-state index is -4.99. The van der Waals surface area contributed by atoms with Gasteiger partial charge in [0.15, 0.2) is 5.82 Å². The molecule has 3 aromatic rings. The molecule has 44 heavy (non-hydrogen) atoms. The molecule has 1 aromatic heterocycles. The van der Waals surface area contributed by atoms with Crippen molar-refractivity contribution in [3.8, 4) is 16.9 Å². The predicted molar refractivity (Wildman–Crippen MR) is 155 cm³/mol. The summed E-state index contributed by atoms with van der Waals surface area (Å²) in [6, 6.07) is 5.75. The van der Waals surface area contributed by atoms with Crippen LogP contribution in [0.3, 0.4) is 0 Å². The molecule has 0 bridgehead atoms. The van der Waals surface area contributed by atoms with E-state index in [1.807, 2.05) is 0 Å². The summed E-state index contributed by atoms with van der Waals surface area (Å²) in [6.45, 7) is 3.13. The third-order valence-electron chi connectivity index (χ3n) is 7.13. The van der Waals surface area contributed by atoms with Crippen LogP contribution in [0.2, 0.25) is 0 Å². The number of tetrazole rings is 1. The first-order valence-corrected chi connectivity index (χ1v) is 14.9. The molecule has 8 nitrogen and oxygen atoms in total. The number of H-pyrrole nitrogens is 1. The zero-order valence-corrected chi connectivity index (χ0v) is 24.7. The molecule has 1 amide bonds. The molecule has 1 N–H and O–H groups in total. The van der Waals surface area contributed by atoms with E-state index >= 15 is 0 Å². The van der Waals surface area contributed by atoms with Gasteiger partial charge in [-0.3, -0.25) is 14.6 Å². The highest BCUT2D eigenvalue weighted by Gasteiger charge is 2.37. The number of rotatable bonds is 10. The number of likely N-dealkylation sites (tertiary alicyclic amines) is 1. The van der Waals surface area contributed by atoms with Crippen LogP contribution in [0.25, 0.3) is 17.2 Å². The van der Waals surface area contributed by atoms with Gasteiger partial charge in [-0.05, 0) is 79.9 Å². The Morgan fingerprint density at radius 1 is 0.977 bits per heavy atom. The normalized spacial score (nSPS) is 17.3. The third kappa shape index (κ3) is 7.77. The van der Waals surface area contributed by atoms with Crippen molar-refractivity contribution < 1.29 is 35.9 Å². The molecule has 0 atom stereocenters. The molecule has 5 rings (SSSR count). The van der Waals surface area contributed by atoms with Crippen molar-refractivity contribution in [1.29, 1.82) is 0 Å². The second-order valence-electron chi connectivity index (χ2n) is 10.2.